The van der Waals surface area contributed by atoms with E-state index in [4.69, 9.17) is 5.84 Å². The number of hydrazine groups is 1. The highest BCUT2D eigenvalue weighted by molar-refractivity contribution is 5.86. The topological polar surface area (TPSA) is 104 Å². The number of hydrogen-bond acceptors (Lipinski definition) is 4. The quantitative estimate of drug-likeness (QED) is 0.306. The number of urea groups is 1. The molecule has 0 saturated heterocycles. The van der Waals surface area contributed by atoms with E-state index < -0.39 is 11.6 Å². The summed E-state index contributed by atoms with van der Waals surface area (Å²) in [7, 11) is 0. The maximum absolute atomic E-state index is 11.8. The van der Waals surface area contributed by atoms with Gasteiger partial charge >= 0.3 is 6.03 Å². The highest BCUT2D eigenvalue weighted by Crippen LogP contribution is 2.03. The minimum absolute atomic E-state index is 0.112. The lowest BCUT2D eigenvalue weighted by Crippen LogP contribution is -2.41. The molecule has 1 rings (SSSR count). The van der Waals surface area contributed by atoms with E-state index in [-0.39, 0.29) is 5.95 Å². The molecule has 0 aliphatic rings. The summed E-state index contributed by atoms with van der Waals surface area (Å²) in [6.45, 7) is 4.34. The summed E-state index contributed by atoms with van der Waals surface area (Å²) in [5.74, 6) is 5.77. The molecule has 1 heterocycles. The number of H-pyrrole nitrogens is 1. The van der Waals surface area contributed by atoms with Gasteiger partial charge in [0, 0.05) is 18.3 Å². The molecule has 0 aliphatic heterocycles. The van der Waals surface area contributed by atoms with Crippen LogP contribution < -0.4 is 16.7 Å². The average Bonchev–Trinajstić information content (AvgIpc) is 2.36. The first-order valence-electron chi connectivity index (χ1n) is 6.94. The summed E-state index contributed by atoms with van der Waals surface area (Å²) in [4.78, 5) is 29.4. The third-order valence-electron chi connectivity index (χ3n) is 2.87. The smallest absolute Gasteiger partial charge is 0.329 e. The zero-order valence-corrected chi connectivity index (χ0v) is 12.1. The van der Waals surface area contributed by atoms with Crippen LogP contribution in [-0.2, 0) is 0 Å². The molecule has 0 spiro atoms. The number of aromatic amines is 1. The lowest BCUT2D eigenvalue weighted by atomic mass is 10.1. The molecular weight excluding hydrogens is 258 g/mol. The van der Waals surface area contributed by atoms with Crippen LogP contribution in [0.5, 0.6) is 0 Å². The van der Waals surface area contributed by atoms with E-state index in [9.17, 15) is 9.59 Å². The first-order valence-corrected chi connectivity index (χ1v) is 6.94. The van der Waals surface area contributed by atoms with Crippen LogP contribution in [0.1, 0.15) is 44.7 Å². The fraction of sp³-hybridized carbons (Fsp3) is 0.615. The first-order chi connectivity index (χ1) is 9.52. The van der Waals surface area contributed by atoms with Crippen molar-refractivity contribution in [3.05, 3.63) is 22.1 Å². The SMILES string of the molecule is CCCCCCCN(N)C(=O)Nc1nc(=O)cc(C)[nH]1. The van der Waals surface area contributed by atoms with E-state index in [1.807, 2.05) is 0 Å². The fourth-order valence-corrected chi connectivity index (χ4v) is 1.80. The van der Waals surface area contributed by atoms with Crippen molar-refractivity contribution in [2.24, 2.45) is 5.84 Å². The van der Waals surface area contributed by atoms with Gasteiger partial charge in [-0.15, -0.1) is 0 Å². The highest BCUT2D eigenvalue weighted by Gasteiger charge is 2.10. The summed E-state index contributed by atoms with van der Waals surface area (Å²) in [5, 5.41) is 3.58. The van der Waals surface area contributed by atoms with Crippen molar-refractivity contribution in [3.63, 3.8) is 0 Å². The molecule has 0 atom stereocenters. The molecule has 0 saturated carbocycles. The van der Waals surface area contributed by atoms with E-state index in [2.05, 4.69) is 22.2 Å². The second kappa shape index (κ2) is 8.31. The lowest BCUT2D eigenvalue weighted by molar-refractivity contribution is 0.211. The number of rotatable bonds is 7. The number of aromatic nitrogens is 2. The molecule has 0 radical (unpaired) electrons. The second-order valence-electron chi connectivity index (χ2n) is 4.79. The fourth-order valence-electron chi connectivity index (χ4n) is 1.80. The number of nitrogens with one attached hydrogen (secondary N) is 2. The van der Waals surface area contributed by atoms with E-state index in [1.165, 1.54) is 18.9 Å². The van der Waals surface area contributed by atoms with E-state index >= 15 is 0 Å². The monoisotopic (exact) mass is 281 g/mol. The van der Waals surface area contributed by atoms with Crippen molar-refractivity contribution in [2.45, 2.75) is 46.0 Å². The van der Waals surface area contributed by atoms with Crippen molar-refractivity contribution in [1.29, 1.82) is 0 Å². The summed E-state index contributed by atoms with van der Waals surface area (Å²) in [6.07, 6.45) is 5.44. The zero-order valence-electron chi connectivity index (χ0n) is 12.1. The van der Waals surface area contributed by atoms with Gasteiger partial charge in [0.2, 0.25) is 5.95 Å². The van der Waals surface area contributed by atoms with Crippen LogP contribution >= 0.6 is 0 Å². The van der Waals surface area contributed by atoms with Gasteiger partial charge in [0.25, 0.3) is 5.56 Å². The average molecular weight is 281 g/mol. The highest BCUT2D eigenvalue weighted by atomic mass is 16.2. The number of nitrogens with zero attached hydrogens (tertiary/aromatic N) is 2. The van der Waals surface area contributed by atoms with Crippen molar-refractivity contribution < 1.29 is 4.79 Å². The Labute approximate surface area is 118 Å². The summed E-state index contributed by atoms with van der Waals surface area (Å²) < 4.78 is 0. The summed E-state index contributed by atoms with van der Waals surface area (Å²) in [5.41, 5.74) is 0.225. The predicted octanol–water partition coefficient (Wildman–Crippen LogP) is 1.76. The third kappa shape index (κ3) is 5.83. The van der Waals surface area contributed by atoms with Gasteiger partial charge in [0.1, 0.15) is 0 Å². The van der Waals surface area contributed by atoms with Crippen LogP contribution in [-0.4, -0.2) is 27.6 Å². The minimum Gasteiger partial charge on any atom is -0.329 e. The molecule has 7 nitrogen and oxygen atoms in total. The van der Waals surface area contributed by atoms with Crippen molar-refractivity contribution >= 4 is 12.0 Å². The van der Waals surface area contributed by atoms with Gasteiger partial charge in [-0.2, -0.15) is 4.98 Å². The van der Waals surface area contributed by atoms with Crippen molar-refractivity contribution in [2.75, 3.05) is 11.9 Å². The molecule has 0 bridgehead atoms. The Morgan fingerprint density at radius 3 is 2.75 bits per heavy atom. The Balaban J connectivity index is 2.39. The Morgan fingerprint density at radius 2 is 2.10 bits per heavy atom. The van der Waals surface area contributed by atoms with E-state index in [0.29, 0.717) is 12.2 Å². The van der Waals surface area contributed by atoms with Crippen LogP contribution in [0, 0.1) is 6.92 Å². The number of amides is 2. The van der Waals surface area contributed by atoms with Crippen LogP contribution in [0.25, 0.3) is 0 Å². The zero-order chi connectivity index (χ0) is 15.0. The Bertz CT molecular complexity index is 486. The number of carbonyl (C=O) groups is 1. The number of nitrogens with two attached hydrogens (primary N) is 1. The van der Waals surface area contributed by atoms with Gasteiger partial charge in [-0.3, -0.25) is 15.1 Å². The first kappa shape index (κ1) is 16.2. The van der Waals surface area contributed by atoms with Gasteiger partial charge in [-0.25, -0.2) is 10.6 Å². The van der Waals surface area contributed by atoms with Gasteiger partial charge in [0.05, 0.1) is 0 Å². The van der Waals surface area contributed by atoms with Gasteiger partial charge in [-0.05, 0) is 13.3 Å². The van der Waals surface area contributed by atoms with E-state index in [1.54, 1.807) is 6.92 Å². The molecule has 0 aliphatic carbocycles. The molecule has 0 unspecified atom stereocenters. The molecule has 0 aromatic carbocycles. The number of unbranched alkanes of at least 4 members (excludes halogenated alkanes) is 4. The molecule has 0 fully saturated rings. The molecule has 4 N–H and O–H groups in total. The third-order valence-corrected chi connectivity index (χ3v) is 2.87. The Hall–Kier alpha value is -1.89. The van der Waals surface area contributed by atoms with E-state index in [0.717, 1.165) is 24.3 Å². The number of aryl methyl sites for hydroxylation is 1. The number of carbonyl (C=O) groups excluding carboxylic acids is 1. The molecular formula is C13H23N5O2. The standard InChI is InChI=1S/C13H23N5O2/c1-3-4-5-6-7-8-18(14)13(20)17-12-15-10(2)9-11(19)16-12/h9H,3-8,14H2,1-2H3,(H2,15,16,17,19,20). The molecule has 112 valence electrons. The molecule has 7 heteroatoms. The predicted molar refractivity (Wildman–Crippen MR) is 78.3 cm³/mol. The number of hydrogen-bond donors (Lipinski definition) is 3. The summed E-state index contributed by atoms with van der Waals surface area (Å²) >= 11 is 0. The van der Waals surface area contributed by atoms with Crippen LogP contribution in [0.3, 0.4) is 0 Å². The van der Waals surface area contributed by atoms with Crippen molar-refractivity contribution in [3.8, 4) is 0 Å². The van der Waals surface area contributed by atoms with Crippen LogP contribution in [0.4, 0.5) is 10.7 Å². The Morgan fingerprint density at radius 1 is 1.40 bits per heavy atom. The molecule has 2 amide bonds. The minimum atomic E-state index is -0.478. The summed E-state index contributed by atoms with van der Waals surface area (Å²) in [6, 6.07) is 0.873. The second-order valence-corrected chi connectivity index (χ2v) is 4.79. The molecule has 20 heavy (non-hydrogen) atoms. The maximum Gasteiger partial charge on any atom is 0.338 e. The van der Waals surface area contributed by atoms with Gasteiger partial charge in [0.15, 0.2) is 0 Å². The van der Waals surface area contributed by atoms with Gasteiger partial charge in [-0.1, -0.05) is 32.6 Å². The van der Waals surface area contributed by atoms with Crippen LogP contribution in [0.2, 0.25) is 0 Å². The molecule has 1 aromatic heterocycles. The van der Waals surface area contributed by atoms with Crippen molar-refractivity contribution in [1.82, 2.24) is 15.0 Å². The largest absolute Gasteiger partial charge is 0.338 e. The van der Waals surface area contributed by atoms with Crippen LogP contribution in [0.15, 0.2) is 10.9 Å². The lowest BCUT2D eigenvalue weighted by Gasteiger charge is -2.16. The Kier molecular flexibility index (Phi) is 6.72. The molecule has 1 aromatic rings. The maximum atomic E-state index is 11.8. The number of anilines is 1. The van der Waals surface area contributed by atoms with Gasteiger partial charge < -0.3 is 4.98 Å². The normalized spacial score (nSPS) is 10.3.